The highest BCUT2D eigenvalue weighted by Gasteiger charge is 2.13. The van der Waals surface area contributed by atoms with Crippen LogP contribution < -0.4 is 0 Å². The first-order valence-electron chi connectivity index (χ1n) is 5.56. The summed E-state index contributed by atoms with van der Waals surface area (Å²) >= 11 is 3.09. The molecule has 2 aromatic carbocycles. The van der Waals surface area contributed by atoms with Gasteiger partial charge in [0.05, 0.1) is 4.47 Å². The van der Waals surface area contributed by atoms with Crippen LogP contribution in [-0.2, 0) is 0 Å². The Kier molecular flexibility index (Phi) is 3.62. The Morgan fingerprint density at radius 1 is 1.11 bits per heavy atom. The van der Waals surface area contributed by atoms with Gasteiger partial charge in [-0.3, -0.25) is 4.79 Å². The molecule has 0 atom stereocenters. The first-order valence-corrected chi connectivity index (χ1v) is 6.35. The van der Waals surface area contributed by atoms with Crippen molar-refractivity contribution in [3.63, 3.8) is 0 Å². The molecule has 3 heteroatoms. The Hall–Kier alpha value is -1.48. The van der Waals surface area contributed by atoms with E-state index < -0.39 is 0 Å². The van der Waals surface area contributed by atoms with Crippen LogP contribution in [0, 0.1) is 19.7 Å². The summed E-state index contributed by atoms with van der Waals surface area (Å²) in [6, 6.07) is 10.1. The molecule has 0 aliphatic rings. The molecule has 0 aliphatic heterocycles. The monoisotopic (exact) mass is 306 g/mol. The molecule has 0 radical (unpaired) electrons. The Labute approximate surface area is 114 Å². The minimum absolute atomic E-state index is 0.0862. The number of benzene rings is 2. The predicted octanol–water partition coefficient (Wildman–Crippen LogP) is 4.44. The molecule has 0 bridgehead atoms. The fourth-order valence-electron chi connectivity index (χ4n) is 1.77. The van der Waals surface area contributed by atoms with Gasteiger partial charge in [0.15, 0.2) is 5.78 Å². The van der Waals surface area contributed by atoms with Crippen molar-refractivity contribution in [2.45, 2.75) is 13.8 Å². The third kappa shape index (κ3) is 2.51. The zero-order valence-corrected chi connectivity index (χ0v) is 11.7. The lowest BCUT2D eigenvalue weighted by molar-refractivity contribution is 0.103. The Balaban J connectivity index is 2.47. The molecule has 0 amide bonds. The minimum Gasteiger partial charge on any atom is -0.289 e. The summed E-state index contributed by atoms with van der Waals surface area (Å²) in [7, 11) is 0. The SMILES string of the molecule is Cc1ccc(C)c(C(=O)c2ccc(F)c(Br)c2)c1. The van der Waals surface area contributed by atoms with Crippen molar-refractivity contribution in [3.8, 4) is 0 Å². The second-order valence-corrected chi connectivity index (χ2v) is 5.13. The fraction of sp³-hybridized carbons (Fsp3) is 0.133. The van der Waals surface area contributed by atoms with Crippen molar-refractivity contribution in [2.75, 3.05) is 0 Å². The summed E-state index contributed by atoms with van der Waals surface area (Å²) in [5, 5.41) is 0. The van der Waals surface area contributed by atoms with Crippen LogP contribution in [0.1, 0.15) is 27.0 Å². The van der Waals surface area contributed by atoms with Crippen LogP contribution in [0.25, 0.3) is 0 Å². The van der Waals surface area contributed by atoms with Crippen LogP contribution in [0.15, 0.2) is 40.9 Å². The van der Waals surface area contributed by atoms with Gasteiger partial charge in [-0.2, -0.15) is 0 Å². The molecule has 0 saturated carbocycles. The van der Waals surface area contributed by atoms with Crippen molar-refractivity contribution in [3.05, 3.63) is 68.9 Å². The van der Waals surface area contributed by atoms with Crippen molar-refractivity contribution < 1.29 is 9.18 Å². The number of rotatable bonds is 2. The van der Waals surface area contributed by atoms with Gasteiger partial charge in [-0.25, -0.2) is 4.39 Å². The molecular formula is C15H12BrFO. The molecule has 18 heavy (non-hydrogen) atoms. The first-order chi connectivity index (χ1) is 8.49. The average molecular weight is 307 g/mol. The van der Waals surface area contributed by atoms with E-state index in [4.69, 9.17) is 0 Å². The second kappa shape index (κ2) is 5.02. The zero-order chi connectivity index (χ0) is 13.3. The quantitative estimate of drug-likeness (QED) is 0.750. The van der Waals surface area contributed by atoms with Gasteiger partial charge in [-0.15, -0.1) is 0 Å². The van der Waals surface area contributed by atoms with Gasteiger partial charge >= 0.3 is 0 Å². The molecule has 1 nitrogen and oxygen atoms in total. The maximum absolute atomic E-state index is 13.1. The van der Waals surface area contributed by atoms with E-state index in [0.717, 1.165) is 11.1 Å². The van der Waals surface area contributed by atoms with E-state index in [2.05, 4.69) is 15.9 Å². The number of halogens is 2. The highest BCUT2D eigenvalue weighted by Crippen LogP contribution is 2.21. The van der Waals surface area contributed by atoms with Crippen LogP contribution >= 0.6 is 15.9 Å². The molecule has 0 fully saturated rings. The lowest BCUT2D eigenvalue weighted by Gasteiger charge is -2.07. The lowest BCUT2D eigenvalue weighted by atomic mass is 9.97. The molecule has 0 aliphatic carbocycles. The molecule has 0 aromatic heterocycles. The number of ketones is 1. The molecule has 2 aromatic rings. The third-order valence-corrected chi connectivity index (χ3v) is 3.43. The highest BCUT2D eigenvalue weighted by molar-refractivity contribution is 9.10. The van der Waals surface area contributed by atoms with Gasteiger partial charge in [-0.05, 0) is 59.6 Å². The highest BCUT2D eigenvalue weighted by atomic mass is 79.9. The summed E-state index contributed by atoms with van der Waals surface area (Å²) in [6.07, 6.45) is 0. The van der Waals surface area contributed by atoms with Gasteiger partial charge in [0.2, 0.25) is 0 Å². The van der Waals surface area contributed by atoms with Gasteiger partial charge in [0.1, 0.15) is 5.82 Å². The van der Waals surface area contributed by atoms with E-state index in [1.165, 1.54) is 18.2 Å². The maximum Gasteiger partial charge on any atom is 0.193 e. The van der Waals surface area contributed by atoms with Crippen molar-refractivity contribution in [1.82, 2.24) is 0 Å². The van der Waals surface area contributed by atoms with Crippen molar-refractivity contribution in [2.24, 2.45) is 0 Å². The molecule has 0 saturated heterocycles. The standard InChI is InChI=1S/C15H12BrFO/c1-9-3-4-10(2)12(7-9)15(18)11-5-6-14(17)13(16)8-11/h3-8H,1-2H3. The van der Waals surface area contributed by atoms with Crippen LogP contribution in [0.4, 0.5) is 4.39 Å². The summed E-state index contributed by atoms with van der Waals surface area (Å²) in [5.41, 5.74) is 3.10. The van der Waals surface area contributed by atoms with Gasteiger partial charge in [0, 0.05) is 11.1 Å². The largest absolute Gasteiger partial charge is 0.289 e. The van der Waals surface area contributed by atoms with Crippen LogP contribution in [0.5, 0.6) is 0 Å². The normalized spacial score (nSPS) is 10.4. The molecular weight excluding hydrogens is 295 g/mol. The van der Waals surface area contributed by atoms with E-state index in [0.29, 0.717) is 15.6 Å². The smallest absolute Gasteiger partial charge is 0.193 e. The van der Waals surface area contributed by atoms with E-state index in [1.807, 2.05) is 32.0 Å². The fourth-order valence-corrected chi connectivity index (χ4v) is 2.15. The third-order valence-electron chi connectivity index (χ3n) is 2.82. The Morgan fingerprint density at radius 2 is 1.83 bits per heavy atom. The Bertz CT molecular complexity index is 620. The van der Waals surface area contributed by atoms with Crippen LogP contribution in [0.3, 0.4) is 0 Å². The topological polar surface area (TPSA) is 17.1 Å². The van der Waals surface area contributed by atoms with Gasteiger partial charge in [0.25, 0.3) is 0 Å². The molecule has 0 spiro atoms. The first kappa shape index (κ1) is 13.0. The molecule has 0 heterocycles. The lowest BCUT2D eigenvalue weighted by Crippen LogP contribution is -2.04. The van der Waals surface area contributed by atoms with Gasteiger partial charge in [-0.1, -0.05) is 17.7 Å². The van der Waals surface area contributed by atoms with E-state index in [9.17, 15) is 9.18 Å². The van der Waals surface area contributed by atoms with E-state index >= 15 is 0 Å². The maximum atomic E-state index is 13.1. The predicted molar refractivity (Wildman–Crippen MR) is 73.4 cm³/mol. The number of carbonyl (C=O) groups is 1. The van der Waals surface area contributed by atoms with Crippen LogP contribution in [0.2, 0.25) is 0 Å². The van der Waals surface area contributed by atoms with Crippen molar-refractivity contribution >= 4 is 21.7 Å². The molecule has 0 unspecified atom stereocenters. The number of carbonyl (C=O) groups excluding carboxylic acids is 1. The second-order valence-electron chi connectivity index (χ2n) is 4.28. The molecule has 2 rings (SSSR count). The molecule has 0 N–H and O–H groups in total. The minimum atomic E-state index is -0.368. The summed E-state index contributed by atoms with van der Waals surface area (Å²) in [5.74, 6) is -0.454. The average Bonchev–Trinajstić information content (AvgIpc) is 2.35. The summed E-state index contributed by atoms with van der Waals surface area (Å²) in [6.45, 7) is 3.84. The van der Waals surface area contributed by atoms with Crippen molar-refractivity contribution in [1.29, 1.82) is 0 Å². The Morgan fingerprint density at radius 3 is 2.50 bits per heavy atom. The van der Waals surface area contributed by atoms with E-state index in [1.54, 1.807) is 0 Å². The number of hydrogen-bond acceptors (Lipinski definition) is 1. The van der Waals surface area contributed by atoms with E-state index in [-0.39, 0.29) is 11.6 Å². The zero-order valence-electron chi connectivity index (χ0n) is 10.1. The number of hydrogen-bond donors (Lipinski definition) is 0. The van der Waals surface area contributed by atoms with Gasteiger partial charge < -0.3 is 0 Å². The molecule has 92 valence electrons. The number of aryl methyl sites for hydroxylation is 2. The van der Waals surface area contributed by atoms with Crippen LogP contribution in [-0.4, -0.2) is 5.78 Å². The summed E-state index contributed by atoms with van der Waals surface area (Å²) < 4.78 is 13.5. The summed E-state index contributed by atoms with van der Waals surface area (Å²) in [4.78, 5) is 12.3.